The smallest absolute Gasteiger partial charge is 0.0841 e. The molecular formula is C18H20Br2O. The van der Waals surface area contributed by atoms with Gasteiger partial charge < -0.3 is 4.74 Å². The first-order chi connectivity index (χ1) is 10.3. The average Bonchev–Trinajstić information content (AvgIpc) is 2.55. The molecule has 0 bridgehead atoms. The maximum atomic E-state index is 6.44. The molecule has 21 heavy (non-hydrogen) atoms. The van der Waals surface area contributed by atoms with E-state index in [1.807, 2.05) is 12.1 Å². The van der Waals surface area contributed by atoms with E-state index in [9.17, 15) is 0 Å². The lowest BCUT2D eigenvalue weighted by Crippen LogP contribution is -2.12. The van der Waals surface area contributed by atoms with Crippen LogP contribution in [0.1, 0.15) is 36.2 Å². The SMILES string of the molecule is BrCCC(OC(CCBr)c1ccccc1)c1ccccc1. The zero-order valence-electron chi connectivity index (χ0n) is 11.9. The first-order valence-electron chi connectivity index (χ1n) is 7.22. The number of rotatable bonds is 8. The Kier molecular flexibility index (Phi) is 7.48. The molecule has 0 fully saturated rings. The van der Waals surface area contributed by atoms with Crippen molar-refractivity contribution >= 4 is 31.9 Å². The van der Waals surface area contributed by atoms with Crippen molar-refractivity contribution in [1.29, 1.82) is 0 Å². The van der Waals surface area contributed by atoms with Crippen molar-refractivity contribution in [1.82, 2.24) is 0 Å². The number of halogens is 2. The van der Waals surface area contributed by atoms with Crippen molar-refractivity contribution in [3.05, 3.63) is 71.8 Å². The van der Waals surface area contributed by atoms with Crippen LogP contribution in [0.4, 0.5) is 0 Å². The number of ether oxygens (including phenoxy) is 1. The largest absolute Gasteiger partial charge is 0.366 e. The zero-order valence-corrected chi connectivity index (χ0v) is 15.1. The zero-order chi connectivity index (χ0) is 14.9. The van der Waals surface area contributed by atoms with Crippen molar-refractivity contribution in [3.8, 4) is 0 Å². The van der Waals surface area contributed by atoms with Gasteiger partial charge in [0.15, 0.2) is 0 Å². The molecular weight excluding hydrogens is 392 g/mol. The predicted molar refractivity (Wildman–Crippen MR) is 96.3 cm³/mol. The molecule has 2 aromatic carbocycles. The van der Waals surface area contributed by atoms with Gasteiger partial charge in [0.2, 0.25) is 0 Å². The van der Waals surface area contributed by atoms with Gasteiger partial charge in [-0.3, -0.25) is 0 Å². The molecule has 112 valence electrons. The predicted octanol–water partition coefficient (Wildman–Crippen LogP) is 6.06. The Morgan fingerprint density at radius 3 is 1.38 bits per heavy atom. The summed E-state index contributed by atoms with van der Waals surface area (Å²) in [6, 6.07) is 20.9. The molecule has 2 unspecified atom stereocenters. The summed E-state index contributed by atoms with van der Waals surface area (Å²) < 4.78 is 6.44. The lowest BCUT2D eigenvalue weighted by Gasteiger charge is -2.25. The second-order valence-electron chi connectivity index (χ2n) is 4.89. The third-order valence-corrected chi connectivity index (χ3v) is 4.33. The van der Waals surface area contributed by atoms with Crippen molar-refractivity contribution in [2.45, 2.75) is 25.0 Å². The van der Waals surface area contributed by atoms with Crippen LogP contribution in [-0.2, 0) is 4.74 Å². The Balaban J connectivity index is 2.16. The molecule has 0 saturated carbocycles. The van der Waals surface area contributed by atoms with Gasteiger partial charge in [0.05, 0.1) is 12.2 Å². The van der Waals surface area contributed by atoms with E-state index in [4.69, 9.17) is 4.74 Å². The Bertz CT molecular complexity index is 454. The Morgan fingerprint density at radius 1 is 0.667 bits per heavy atom. The van der Waals surface area contributed by atoms with Gasteiger partial charge in [0, 0.05) is 10.7 Å². The normalized spacial score (nSPS) is 13.8. The Labute approximate surface area is 144 Å². The van der Waals surface area contributed by atoms with Crippen LogP contribution in [0.15, 0.2) is 60.7 Å². The molecule has 0 aliphatic heterocycles. The molecule has 0 N–H and O–H groups in total. The molecule has 0 heterocycles. The minimum absolute atomic E-state index is 0.120. The minimum Gasteiger partial charge on any atom is -0.366 e. The molecule has 0 spiro atoms. The molecule has 2 rings (SSSR count). The van der Waals surface area contributed by atoms with E-state index >= 15 is 0 Å². The standard InChI is InChI=1S/C18H20Br2O/c19-13-11-17(15-7-3-1-4-8-15)21-18(12-14-20)16-9-5-2-6-10-16/h1-10,17-18H,11-14H2. The van der Waals surface area contributed by atoms with E-state index in [0.717, 1.165) is 23.5 Å². The van der Waals surface area contributed by atoms with Crippen molar-refractivity contribution in [3.63, 3.8) is 0 Å². The molecule has 3 heteroatoms. The van der Waals surface area contributed by atoms with Crippen LogP contribution in [0.3, 0.4) is 0 Å². The molecule has 0 aliphatic carbocycles. The Morgan fingerprint density at radius 2 is 1.05 bits per heavy atom. The second kappa shape index (κ2) is 9.39. The maximum absolute atomic E-state index is 6.44. The van der Waals surface area contributed by atoms with Gasteiger partial charge in [-0.25, -0.2) is 0 Å². The summed E-state index contributed by atoms with van der Waals surface area (Å²) >= 11 is 7.09. The molecule has 0 aliphatic rings. The van der Waals surface area contributed by atoms with Crippen molar-refractivity contribution < 1.29 is 4.74 Å². The fourth-order valence-corrected chi connectivity index (χ4v) is 3.19. The van der Waals surface area contributed by atoms with E-state index in [1.54, 1.807) is 0 Å². The number of benzene rings is 2. The third kappa shape index (κ3) is 5.24. The summed E-state index contributed by atoms with van der Waals surface area (Å²) in [7, 11) is 0. The number of hydrogen-bond donors (Lipinski definition) is 0. The number of alkyl halides is 2. The van der Waals surface area contributed by atoms with E-state index in [1.165, 1.54) is 11.1 Å². The van der Waals surface area contributed by atoms with Crippen LogP contribution >= 0.6 is 31.9 Å². The van der Waals surface area contributed by atoms with Crippen LogP contribution in [0.5, 0.6) is 0 Å². The molecule has 2 atom stereocenters. The van der Waals surface area contributed by atoms with Gasteiger partial charge >= 0.3 is 0 Å². The van der Waals surface area contributed by atoms with Crippen LogP contribution in [0.25, 0.3) is 0 Å². The third-order valence-electron chi connectivity index (χ3n) is 3.41. The molecule has 0 saturated heterocycles. The van der Waals surface area contributed by atoms with Crippen molar-refractivity contribution in [2.24, 2.45) is 0 Å². The fourth-order valence-electron chi connectivity index (χ4n) is 2.36. The quantitative estimate of drug-likeness (QED) is 0.480. The van der Waals surface area contributed by atoms with E-state index in [-0.39, 0.29) is 12.2 Å². The maximum Gasteiger partial charge on any atom is 0.0841 e. The van der Waals surface area contributed by atoms with Crippen LogP contribution in [0, 0.1) is 0 Å². The van der Waals surface area contributed by atoms with Gasteiger partial charge in [0.25, 0.3) is 0 Å². The van der Waals surface area contributed by atoms with E-state index < -0.39 is 0 Å². The highest BCUT2D eigenvalue weighted by Crippen LogP contribution is 2.32. The number of hydrogen-bond acceptors (Lipinski definition) is 1. The van der Waals surface area contributed by atoms with Gasteiger partial charge in [-0.15, -0.1) is 0 Å². The van der Waals surface area contributed by atoms with Crippen LogP contribution in [-0.4, -0.2) is 10.7 Å². The van der Waals surface area contributed by atoms with E-state index in [2.05, 4.69) is 80.4 Å². The second-order valence-corrected chi connectivity index (χ2v) is 6.48. The first kappa shape index (κ1) is 16.7. The summed E-state index contributed by atoms with van der Waals surface area (Å²) in [5.74, 6) is 0. The fraction of sp³-hybridized carbons (Fsp3) is 0.333. The van der Waals surface area contributed by atoms with E-state index in [0.29, 0.717) is 0 Å². The highest BCUT2D eigenvalue weighted by molar-refractivity contribution is 9.09. The molecule has 0 aromatic heterocycles. The van der Waals surface area contributed by atoms with Gasteiger partial charge in [0.1, 0.15) is 0 Å². The van der Waals surface area contributed by atoms with Gasteiger partial charge in [-0.1, -0.05) is 92.5 Å². The Hall–Kier alpha value is -0.640. The van der Waals surface area contributed by atoms with Crippen LogP contribution < -0.4 is 0 Å². The highest BCUT2D eigenvalue weighted by atomic mass is 79.9. The summed E-state index contributed by atoms with van der Waals surface area (Å²) in [5.41, 5.74) is 2.49. The average molecular weight is 412 g/mol. The van der Waals surface area contributed by atoms with Gasteiger partial charge in [-0.2, -0.15) is 0 Å². The monoisotopic (exact) mass is 410 g/mol. The summed E-state index contributed by atoms with van der Waals surface area (Å²) in [5, 5.41) is 1.87. The lowest BCUT2D eigenvalue weighted by molar-refractivity contribution is -0.0176. The molecule has 1 nitrogen and oxygen atoms in total. The molecule has 0 radical (unpaired) electrons. The minimum atomic E-state index is 0.120. The summed E-state index contributed by atoms with van der Waals surface area (Å²) in [4.78, 5) is 0. The highest BCUT2D eigenvalue weighted by Gasteiger charge is 2.19. The van der Waals surface area contributed by atoms with Gasteiger partial charge in [-0.05, 0) is 24.0 Å². The summed E-state index contributed by atoms with van der Waals surface area (Å²) in [6.07, 6.45) is 2.18. The summed E-state index contributed by atoms with van der Waals surface area (Å²) in [6.45, 7) is 0. The topological polar surface area (TPSA) is 9.23 Å². The van der Waals surface area contributed by atoms with Crippen LogP contribution in [0.2, 0.25) is 0 Å². The first-order valence-corrected chi connectivity index (χ1v) is 9.46. The van der Waals surface area contributed by atoms with Crippen molar-refractivity contribution in [2.75, 3.05) is 10.7 Å². The molecule has 2 aromatic rings. The lowest BCUT2D eigenvalue weighted by atomic mass is 10.0. The molecule has 0 amide bonds.